The third kappa shape index (κ3) is 5.69. The van der Waals surface area contributed by atoms with Crippen LogP contribution in [0.1, 0.15) is 58.2 Å². The molecule has 1 N–H and O–H groups in total. The molecule has 38 heavy (non-hydrogen) atoms. The summed E-state index contributed by atoms with van der Waals surface area (Å²) >= 11 is 7.99. The maximum absolute atomic E-state index is 14.2. The van der Waals surface area contributed by atoms with Crippen molar-refractivity contribution in [1.82, 2.24) is 15.2 Å². The number of fused-ring (bicyclic) bond motifs is 1. The van der Waals surface area contributed by atoms with Gasteiger partial charge in [-0.25, -0.2) is 0 Å². The second kappa shape index (κ2) is 11.5. The molecule has 2 amide bonds. The molecule has 1 atom stereocenters. The Hall–Kier alpha value is -3.42. The summed E-state index contributed by atoms with van der Waals surface area (Å²) in [5, 5.41) is 6.58. The summed E-state index contributed by atoms with van der Waals surface area (Å²) in [7, 11) is 1.60. The van der Waals surface area contributed by atoms with Crippen molar-refractivity contribution in [2.24, 2.45) is 0 Å². The minimum atomic E-state index is -0.819. The number of pyridine rings is 1. The highest BCUT2D eigenvalue weighted by atomic mass is 35.5. The zero-order chi connectivity index (χ0) is 26.6. The van der Waals surface area contributed by atoms with E-state index < -0.39 is 6.04 Å². The number of ether oxygens (including phenoxy) is 1. The van der Waals surface area contributed by atoms with Crippen molar-refractivity contribution in [1.29, 1.82) is 0 Å². The van der Waals surface area contributed by atoms with E-state index in [4.69, 9.17) is 16.3 Å². The summed E-state index contributed by atoms with van der Waals surface area (Å²) in [6.45, 7) is 2.17. The van der Waals surface area contributed by atoms with Crippen LogP contribution < -0.4 is 10.1 Å². The minimum absolute atomic E-state index is 0.122. The van der Waals surface area contributed by atoms with Gasteiger partial charge in [-0.1, -0.05) is 48.7 Å². The molecule has 1 fully saturated rings. The van der Waals surface area contributed by atoms with Crippen molar-refractivity contribution >= 4 is 45.7 Å². The average Bonchev–Trinajstić information content (AvgIpc) is 3.62. The molecule has 0 radical (unpaired) electrons. The lowest BCUT2D eigenvalue weighted by Gasteiger charge is -2.32. The molecular formula is C30H30ClN3O3S. The fraction of sp³-hybridized carbons (Fsp3) is 0.300. The van der Waals surface area contributed by atoms with E-state index in [1.165, 1.54) is 0 Å². The highest BCUT2D eigenvalue weighted by molar-refractivity contribution is 7.09. The number of amides is 2. The van der Waals surface area contributed by atoms with Crippen LogP contribution in [0.15, 0.2) is 66.0 Å². The highest BCUT2D eigenvalue weighted by Crippen LogP contribution is 2.31. The van der Waals surface area contributed by atoms with Crippen LogP contribution in [0.3, 0.4) is 0 Å². The van der Waals surface area contributed by atoms with E-state index in [-0.39, 0.29) is 17.9 Å². The fourth-order valence-corrected chi connectivity index (χ4v) is 6.09. The summed E-state index contributed by atoms with van der Waals surface area (Å²) < 4.78 is 5.34. The summed E-state index contributed by atoms with van der Waals surface area (Å²) in [5.74, 6) is 0.264. The predicted molar refractivity (Wildman–Crippen MR) is 152 cm³/mol. The first-order chi connectivity index (χ1) is 18.4. The van der Waals surface area contributed by atoms with E-state index >= 15 is 0 Å². The quantitative estimate of drug-likeness (QED) is 0.266. The zero-order valence-electron chi connectivity index (χ0n) is 21.4. The number of carbonyl (C=O) groups excluding carboxylic acids is 2. The van der Waals surface area contributed by atoms with Gasteiger partial charge in [0.1, 0.15) is 11.8 Å². The van der Waals surface area contributed by atoms with Gasteiger partial charge in [0.25, 0.3) is 5.91 Å². The summed E-state index contributed by atoms with van der Waals surface area (Å²) in [6.07, 6.45) is 4.11. The lowest BCUT2D eigenvalue weighted by atomic mass is 10.0. The average molecular weight is 548 g/mol. The van der Waals surface area contributed by atoms with Crippen LogP contribution in [0.2, 0.25) is 5.02 Å². The number of benzene rings is 2. The predicted octanol–water partition coefficient (Wildman–Crippen LogP) is 6.71. The maximum Gasteiger partial charge on any atom is 0.255 e. The Morgan fingerprint density at radius 3 is 2.58 bits per heavy atom. The van der Waals surface area contributed by atoms with Crippen molar-refractivity contribution in [2.75, 3.05) is 7.11 Å². The number of nitrogens with one attached hydrogen (secondary N) is 1. The first kappa shape index (κ1) is 26.2. The van der Waals surface area contributed by atoms with Gasteiger partial charge in [-0.2, -0.15) is 0 Å². The number of thiophene rings is 1. The van der Waals surface area contributed by atoms with Gasteiger partial charge in [0, 0.05) is 27.6 Å². The summed E-state index contributed by atoms with van der Waals surface area (Å²) in [5.41, 5.74) is 2.60. The third-order valence-electron chi connectivity index (χ3n) is 6.99. The maximum atomic E-state index is 14.2. The summed E-state index contributed by atoms with van der Waals surface area (Å²) in [4.78, 5) is 35.4. The van der Waals surface area contributed by atoms with Crippen LogP contribution in [0.4, 0.5) is 0 Å². The third-order valence-corrected chi connectivity index (χ3v) is 8.17. The smallest absolute Gasteiger partial charge is 0.255 e. The lowest BCUT2D eigenvalue weighted by molar-refractivity contribution is -0.126. The Morgan fingerprint density at radius 2 is 1.89 bits per heavy atom. The molecule has 2 heterocycles. The van der Waals surface area contributed by atoms with Gasteiger partial charge in [0.15, 0.2) is 0 Å². The number of methoxy groups -OCH3 is 1. The van der Waals surface area contributed by atoms with Crippen LogP contribution in [0.5, 0.6) is 5.75 Å². The number of carbonyl (C=O) groups is 2. The van der Waals surface area contributed by atoms with E-state index in [0.717, 1.165) is 47.2 Å². The van der Waals surface area contributed by atoms with Crippen LogP contribution in [-0.4, -0.2) is 34.8 Å². The molecule has 5 rings (SSSR count). The Balaban J connectivity index is 1.58. The van der Waals surface area contributed by atoms with Gasteiger partial charge in [-0.15, -0.1) is 11.3 Å². The van der Waals surface area contributed by atoms with E-state index in [0.29, 0.717) is 28.4 Å². The van der Waals surface area contributed by atoms with Crippen LogP contribution in [0, 0.1) is 6.92 Å². The van der Waals surface area contributed by atoms with E-state index in [2.05, 4.69) is 10.3 Å². The van der Waals surface area contributed by atoms with Gasteiger partial charge in [-0.3, -0.25) is 14.6 Å². The molecule has 8 heteroatoms. The van der Waals surface area contributed by atoms with E-state index in [9.17, 15) is 9.59 Å². The molecular weight excluding hydrogens is 518 g/mol. The molecule has 196 valence electrons. The number of halogens is 1. The van der Waals surface area contributed by atoms with Crippen LogP contribution >= 0.6 is 22.9 Å². The van der Waals surface area contributed by atoms with Crippen molar-refractivity contribution in [3.63, 3.8) is 0 Å². The Morgan fingerprint density at radius 1 is 1.13 bits per heavy atom. The number of rotatable bonds is 8. The molecule has 2 aromatic heterocycles. The van der Waals surface area contributed by atoms with Gasteiger partial charge in [0.05, 0.1) is 24.2 Å². The number of hydrogen-bond donors (Lipinski definition) is 1. The molecule has 6 nitrogen and oxygen atoms in total. The lowest BCUT2D eigenvalue weighted by Crippen LogP contribution is -2.45. The normalized spacial score (nSPS) is 14.4. The number of aryl methyl sites for hydroxylation is 1. The molecule has 4 aromatic rings. The molecule has 0 spiro atoms. The second-order valence-corrected chi connectivity index (χ2v) is 11.1. The van der Waals surface area contributed by atoms with Crippen molar-refractivity contribution in [3.8, 4) is 5.75 Å². The van der Waals surface area contributed by atoms with Crippen molar-refractivity contribution in [3.05, 3.63) is 92.8 Å². The van der Waals surface area contributed by atoms with Gasteiger partial charge < -0.3 is 15.0 Å². The number of hydrogen-bond acceptors (Lipinski definition) is 5. The Kier molecular flexibility index (Phi) is 7.95. The molecule has 0 saturated heterocycles. The van der Waals surface area contributed by atoms with E-state index in [1.807, 2.05) is 60.8 Å². The molecule has 1 saturated carbocycles. The molecule has 0 bridgehead atoms. The minimum Gasteiger partial charge on any atom is -0.497 e. The van der Waals surface area contributed by atoms with Crippen molar-refractivity contribution in [2.45, 2.75) is 51.2 Å². The Bertz CT molecular complexity index is 1430. The Labute approximate surface area is 231 Å². The molecule has 1 aliphatic rings. The summed E-state index contributed by atoms with van der Waals surface area (Å²) in [6, 6.07) is 17.8. The van der Waals surface area contributed by atoms with Gasteiger partial charge in [-0.05, 0) is 67.1 Å². The standard InChI is InChI=1S/C30H30ClN3O3S/c1-19-16-26(31)25-14-11-21(17-27(25)32-19)30(36)34(18-24-8-5-15-38-24)28(20-9-12-23(37-2)13-10-20)29(35)33-22-6-3-4-7-22/h5,8-17,22,28H,3-4,6-7,18H2,1-2H3,(H,33,35). The van der Waals surface area contributed by atoms with Crippen LogP contribution in [0.25, 0.3) is 10.9 Å². The largest absolute Gasteiger partial charge is 0.497 e. The fourth-order valence-electron chi connectivity index (χ4n) is 5.07. The van der Waals surface area contributed by atoms with Gasteiger partial charge in [0.2, 0.25) is 5.91 Å². The number of aromatic nitrogens is 1. The topological polar surface area (TPSA) is 71.5 Å². The van der Waals surface area contributed by atoms with Gasteiger partial charge >= 0.3 is 0 Å². The monoisotopic (exact) mass is 547 g/mol. The second-order valence-electron chi connectivity index (χ2n) is 9.66. The molecule has 1 unspecified atom stereocenters. The van der Waals surface area contributed by atoms with Crippen LogP contribution in [-0.2, 0) is 11.3 Å². The molecule has 0 aliphatic heterocycles. The number of nitrogens with zero attached hydrogens (tertiary/aromatic N) is 2. The van der Waals surface area contributed by atoms with Crippen molar-refractivity contribution < 1.29 is 14.3 Å². The molecule has 2 aromatic carbocycles. The first-order valence-corrected chi connectivity index (χ1v) is 14.0. The molecule has 1 aliphatic carbocycles. The SMILES string of the molecule is COc1ccc(C(C(=O)NC2CCCC2)N(Cc2cccs2)C(=O)c2ccc3c(Cl)cc(C)nc3c2)cc1. The first-order valence-electron chi connectivity index (χ1n) is 12.8. The van der Waals surface area contributed by atoms with E-state index in [1.54, 1.807) is 35.5 Å². The zero-order valence-corrected chi connectivity index (χ0v) is 23.0. The highest BCUT2D eigenvalue weighted by Gasteiger charge is 2.34.